The fourth-order valence-electron chi connectivity index (χ4n) is 4.35. The lowest BCUT2D eigenvalue weighted by Crippen LogP contribution is -2.57. The van der Waals surface area contributed by atoms with Crippen LogP contribution < -0.4 is 10.6 Å². The maximum absolute atomic E-state index is 14.2. The number of aryl methyl sites for hydroxylation is 1. The van der Waals surface area contributed by atoms with Crippen LogP contribution in [0.1, 0.15) is 78.1 Å². The van der Waals surface area contributed by atoms with Gasteiger partial charge in [-0.2, -0.15) is 12.6 Å². The van der Waals surface area contributed by atoms with Crippen LogP contribution in [0.25, 0.3) is 0 Å². The zero-order valence-corrected chi connectivity index (χ0v) is 27.7. The van der Waals surface area contributed by atoms with Crippen molar-refractivity contribution in [1.82, 2.24) is 15.5 Å². The Hall–Kier alpha value is -3.53. The highest BCUT2D eigenvalue weighted by atomic mass is 32.1. The second-order valence-electron chi connectivity index (χ2n) is 12.8. The van der Waals surface area contributed by atoms with E-state index in [1.54, 1.807) is 67.5 Å². The molecule has 9 nitrogen and oxygen atoms in total. The maximum atomic E-state index is 14.2. The van der Waals surface area contributed by atoms with Crippen LogP contribution in [-0.2, 0) is 30.3 Å². The number of esters is 1. The van der Waals surface area contributed by atoms with Gasteiger partial charge in [-0.3, -0.25) is 9.59 Å². The number of carbonyl (C=O) groups excluding carboxylic acids is 4. The normalized spacial score (nSPS) is 13.8. The summed E-state index contributed by atoms with van der Waals surface area (Å²) in [5, 5.41) is 5.48. The fraction of sp³-hybridized carbons (Fsp3) is 0.515. The highest BCUT2D eigenvalue weighted by Crippen LogP contribution is 2.26. The molecule has 2 aromatic rings. The number of amides is 3. The quantitative estimate of drug-likeness (QED) is 0.238. The van der Waals surface area contributed by atoms with Crippen molar-refractivity contribution in [2.45, 2.75) is 104 Å². The number of hydrogen-bond donors (Lipinski definition) is 3. The van der Waals surface area contributed by atoms with Crippen molar-refractivity contribution in [2.75, 3.05) is 5.75 Å². The summed E-state index contributed by atoms with van der Waals surface area (Å²) in [6, 6.07) is 12.9. The van der Waals surface area contributed by atoms with Crippen molar-refractivity contribution in [2.24, 2.45) is 0 Å². The lowest BCUT2D eigenvalue weighted by Gasteiger charge is -2.37. The van der Waals surface area contributed by atoms with E-state index in [0.29, 0.717) is 5.56 Å². The first-order chi connectivity index (χ1) is 19.9. The van der Waals surface area contributed by atoms with E-state index in [2.05, 4.69) is 23.3 Å². The summed E-state index contributed by atoms with van der Waals surface area (Å²) in [4.78, 5) is 55.6. The van der Waals surface area contributed by atoms with Crippen LogP contribution in [0.2, 0.25) is 0 Å². The van der Waals surface area contributed by atoms with E-state index >= 15 is 0 Å². The summed E-state index contributed by atoms with van der Waals surface area (Å²) in [6.07, 6.45) is -0.579. The molecule has 10 heteroatoms. The number of alkyl carbamates (subject to hydrolysis) is 1. The van der Waals surface area contributed by atoms with Gasteiger partial charge in [-0.05, 0) is 73.4 Å². The predicted octanol–water partition coefficient (Wildman–Crippen LogP) is 5.17. The summed E-state index contributed by atoms with van der Waals surface area (Å²) < 4.78 is 11.0. The SMILES string of the molecule is Cc1ccc(C(C(=O)NC(Cc2ccccc2)C(=O)OC(C)(C)C)N(C(=O)C(CS)NC(=O)OC(C)(C)C)C(C)C)cc1. The molecule has 2 aromatic carbocycles. The summed E-state index contributed by atoms with van der Waals surface area (Å²) in [5.41, 5.74) is 0.800. The molecule has 3 amide bonds. The fourth-order valence-corrected chi connectivity index (χ4v) is 4.60. The predicted molar refractivity (Wildman–Crippen MR) is 171 cm³/mol. The Balaban J connectivity index is 2.52. The van der Waals surface area contributed by atoms with Crippen LogP contribution in [0.4, 0.5) is 4.79 Å². The number of nitrogens with one attached hydrogen (secondary N) is 2. The van der Waals surface area contributed by atoms with Gasteiger partial charge in [0.25, 0.3) is 0 Å². The minimum absolute atomic E-state index is 0.0297. The number of ether oxygens (including phenoxy) is 2. The molecule has 0 saturated carbocycles. The molecule has 3 atom stereocenters. The van der Waals surface area contributed by atoms with Crippen LogP contribution >= 0.6 is 12.6 Å². The highest BCUT2D eigenvalue weighted by molar-refractivity contribution is 7.80. The molecule has 43 heavy (non-hydrogen) atoms. The van der Waals surface area contributed by atoms with E-state index in [1.165, 1.54) is 4.90 Å². The van der Waals surface area contributed by atoms with Gasteiger partial charge < -0.3 is 25.0 Å². The highest BCUT2D eigenvalue weighted by Gasteiger charge is 2.39. The second-order valence-corrected chi connectivity index (χ2v) is 13.2. The molecular weight excluding hydrogens is 566 g/mol. The van der Waals surface area contributed by atoms with E-state index < -0.39 is 59.2 Å². The summed E-state index contributed by atoms with van der Waals surface area (Å²) in [7, 11) is 0. The van der Waals surface area contributed by atoms with Crippen molar-refractivity contribution >= 4 is 36.5 Å². The van der Waals surface area contributed by atoms with Gasteiger partial charge in [-0.15, -0.1) is 0 Å². The maximum Gasteiger partial charge on any atom is 0.408 e. The lowest BCUT2D eigenvalue weighted by atomic mass is 9.99. The molecule has 0 fully saturated rings. The smallest absolute Gasteiger partial charge is 0.408 e. The molecule has 0 saturated heterocycles. The molecule has 0 aliphatic rings. The Kier molecular flexibility index (Phi) is 12.7. The molecule has 2 rings (SSSR count). The minimum atomic E-state index is -1.13. The molecule has 2 N–H and O–H groups in total. The first kappa shape index (κ1) is 35.7. The van der Waals surface area contributed by atoms with Gasteiger partial charge in [-0.25, -0.2) is 9.59 Å². The van der Waals surface area contributed by atoms with Crippen molar-refractivity contribution < 1.29 is 28.7 Å². The average Bonchev–Trinajstić information content (AvgIpc) is 2.88. The number of thiol groups is 1. The Morgan fingerprint density at radius 1 is 0.814 bits per heavy atom. The zero-order chi connectivity index (χ0) is 32.5. The second kappa shape index (κ2) is 15.3. The minimum Gasteiger partial charge on any atom is -0.458 e. The van der Waals surface area contributed by atoms with Gasteiger partial charge >= 0.3 is 12.1 Å². The van der Waals surface area contributed by atoms with E-state index in [1.807, 2.05) is 49.4 Å². The van der Waals surface area contributed by atoms with Gasteiger partial charge in [-0.1, -0.05) is 60.2 Å². The lowest BCUT2D eigenvalue weighted by molar-refractivity contribution is -0.159. The number of benzene rings is 2. The molecule has 0 radical (unpaired) electrons. The molecule has 0 heterocycles. The van der Waals surface area contributed by atoms with E-state index in [-0.39, 0.29) is 12.2 Å². The Morgan fingerprint density at radius 2 is 1.37 bits per heavy atom. The van der Waals surface area contributed by atoms with Crippen LogP contribution in [0.15, 0.2) is 54.6 Å². The summed E-state index contributed by atoms with van der Waals surface area (Å²) in [6.45, 7) is 15.9. The van der Waals surface area contributed by atoms with Gasteiger partial charge in [0.1, 0.15) is 29.3 Å². The van der Waals surface area contributed by atoms with Crippen molar-refractivity contribution in [3.63, 3.8) is 0 Å². The summed E-state index contributed by atoms with van der Waals surface area (Å²) >= 11 is 4.32. The van der Waals surface area contributed by atoms with E-state index in [4.69, 9.17) is 9.47 Å². The molecule has 0 aromatic heterocycles. The average molecular weight is 614 g/mol. The Morgan fingerprint density at radius 3 is 1.86 bits per heavy atom. The molecule has 0 aliphatic heterocycles. The van der Waals surface area contributed by atoms with E-state index in [9.17, 15) is 19.2 Å². The first-order valence-electron chi connectivity index (χ1n) is 14.5. The van der Waals surface area contributed by atoms with Crippen molar-refractivity contribution in [3.8, 4) is 0 Å². The molecule has 0 bridgehead atoms. The topological polar surface area (TPSA) is 114 Å². The number of carbonyl (C=O) groups is 4. The molecule has 0 spiro atoms. The summed E-state index contributed by atoms with van der Waals surface area (Å²) in [5.74, 6) is -1.70. The molecule has 0 aliphatic carbocycles. The molecule has 236 valence electrons. The third-order valence-corrected chi connectivity index (χ3v) is 6.56. The Labute approximate surface area is 261 Å². The van der Waals surface area contributed by atoms with Crippen molar-refractivity contribution in [3.05, 3.63) is 71.3 Å². The first-order valence-corrected chi connectivity index (χ1v) is 15.1. The van der Waals surface area contributed by atoms with E-state index in [0.717, 1.165) is 11.1 Å². The number of rotatable bonds is 11. The van der Waals surface area contributed by atoms with Crippen molar-refractivity contribution in [1.29, 1.82) is 0 Å². The van der Waals surface area contributed by atoms with Crippen LogP contribution in [0.3, 0.4) is 0 Å². The number of hydrogen-bond acceptors (Lipinski definition) is 7. The largest absolute Gasteiger partial charge is 0.458 e. The zero-order valence-electron chi connectivity index (χ0n) is 26.8. The van der Waals surface area contributed by atoms with Gasteiger partial charge in [0.2, 0.25) is 11.8 Å². The third kappa shape index (κ3) is 11.6. The third-order valence-electron chi connectivity index (χ3n) is 6.19. The number of nitrogens with zero attached hydrogens (tertiary/aromatic N) is 1. The monoisotopic (exact) mass is 613 g/mol. The van der Waals surface area contributed by atoms with Crippen LogP contribution in [-0.4, -0.2) is 63.9 Å². The van der Waals surface area contributed by atoms with Gasteiger partial charge in [0, 0.05) is 18.2 Å². The van der Waals surface area contributed by atoms with Crippen LogP contribution in [0.5, 0.6) is 0 Å². The van der Waals surface area contributed by atoms with Gasteiger partial charge in [0.05, 0.1) is 0 Å². The molecule has 3 unspecified atom stereocenters. The molecular formula is C33H47N3O6S. The van der Waals surface area contributed by atoms with Gasteiger partial charge in [0.15, 0.2) is 0 Å². The standard InChI is InChI=1S/C33H47N3O6S/c1-21(2)36(29(38)26(20-43)35-31(40)42-33(7,8)9)27(24-17-15-22(3)16-18-24)28(37)34-25(30(39)41-32(4,5)6)19-23-13-11-10-12-14-23/h10-18,21,25-27,43H,19-20H2,1-9H3,(H,34,37)(H,35,40). The Bertz CT molecular complexity index is 1240. The van der Waals surface area contributed by atoms with Crippen LogP contribution in [0, 0.1) is 6.92 Å².